The summed E-state index contributed by atoms with van der Waals surface area (Å²) in [7, 11) is 0. The summed E-state index contributed by atoms with van der Waals surface area (Å²) in [6.45, 7) is 2.53. The van der Waals surface area contributed by atoms with Crippen LogP contribution in [0.4, 0.5) is 20.0 Å². The summed E-state index contributed by atoms with van der Waals surface area (Å²) in [5, 5.41) is 3.16. The number of anilines is 2. The van der Waals surface area contributed by atoms with Crippen molar-refractivity contribution in [2.45, 2.75) is 6.92 Å². The van der Waals surface area contributed by atoms with Crippen LogP contribution in [0, 0.1) is 12.7 Å². The lowest BCUT2D eigenvalue weighted by Crippen LogP contribution is -2.37. The van der Waals surface area contributed by atoms with E-state index in [1.165, 1.54) is 27.2 Å². The zero-order valence-electron chi connectivity index (χ0n) is 12.5. The minimum absolute atomic E-state index is 0.0809. The second-order valence-corrected chi connectivity index (χ2v) is 6.37. The number of hydrogen-bond donors (Lipinski definition) is 1. The predicted octanol–water partition coefficient (Wildman–Crippen LogP) is 2.47. The maximum Gasteiger partial charge on any atom is 0.325 e. The summed E-state index contributed by atoms with van der Waals surface area (Å²) in [5.41, 5.74) is 0.232. The summed E-state index contributed by atoms with van der Waals surface area (Å²) in [6.07, 6.45) is 1.67. The molecule has 1 aromatic heterocycles. The van der Waals surface area contributed by atoms with Crippen molar-refractivity contribution in [3.8, 4) is 0 Å². The number of carbonyl (C=O) groups excluding carboxylic acids is 2. The molecule has 0 atom stereocenters. The number of urea groups is 1. The highest BCUT2D eigenvalue weighted by Gasteiger charge is 2.32. The second kappa shape index (κ2) is 6.33. The average Bonchev–Trinajstić information content (AvgIpc) is 3.07. The van der Waals surface area contributed by atoms with Crippen LogP contribution in [0.2, 0.25) is 0 Å². The lowest BCUT2D eigenvalue weighted by atomic mass is 10.3. The van der Waals surface area contributed by atoms with Crippen molar-refractivity contribution in [1.82, 2.24) is 9.88 Å². The minimum atomic E-state index is -0.453. The third-order valence-electron chi connectivity index (χ3n) is 3.44. The number of halogens is 1. The normalized spacial score (nSPS) is 14.4. The van der Waals surface area contributed by atoms with Gasteiger partial charge >= 0.3 is 6.03 Å². The molecule has 2 aromatic rings. The van der Waals surface area contributed by atoms with Gasteiger partial charge in [-0.1, -0.05) is 12.1 Å². The van der Waals surface area contributed by atoms with Gasteiger partial charge < -0.3 is 10.2 Å². The zero-order chi connectivity index (χ0) is 16.4. The van der Waals surface area contributed by atoms with E-state index in [2.05, 4.69) is 10.3 Å². The van der Waals surface area contributed by atoms with Gasteiger partial charge in [-0.2, -0.15) is 0 Å². The van der Waals surface area contributed by atoms with Gasteiger partial charge in [0.05, 0.1) is 5.69 Å². The van der Waals surface area contributed by atoms with E-state index < -0.39 is 5.82 Å². The molecule has 23 heavy (non-hydrogen) atoms. The molecule has 1 aromatic carbocycles. The van der Waals surface area contributed by atoms with E-state index >= 15 is 0 Å². The average molecular weight is 334 g/mol. The number of carbonyl (C=O) groups is 2. The second-order valence-electron chi connectivity index (χ2n) is 5.13. The Balaban J connectivity index is 1.63. The Labute approximate surface area is 136 Å². The standard InChI is InChI=1S/C15H15FN4O2S/c1-10-8-17-14(23-10)18-13(21)9-19-6-7-20(15(19)22)12-5-3-2-4-11(12)16/h2-5,8H,6-7,9H2,1H3,(H,17,18,21). The number of nitrogens with one attached hydrogen (secondary N) is 1. The first kappa shape index (κ1) is 15.4. The molecule has 1 fully saturated rings. The summed E-state index contributed by atoms with van der Waals surface area (Å²) in [5.74, 6) is -0.770. The number of para-hydroxylation sites is 1. The first-order valence-corrected chi connectivity index (χ1v) is 7.89. The summed E-state index contributed by atoms with van der Waals surface area (Å²) < 4.78 is 13.8. The number of aromatic nitrogens is 1. The third kappa shape index (κ3) is 3.31. The molecular weight excluding hydrogens is 319 g/mol. The number of thiazole rings is 1. The summed E-state index contributed by atoms with van der Waals surface area (Å²) >= 11 is 1.37. The molecule has 0 bridgehead atoms. The van der Waals surface area contributed by atoms with Crippen molar-refractivity contribution in [3.63, 3.8) is 0 Å². The Bertz CT molecular complexity index is 749. The molecule has 3 amide bonds. The van der Waals surface area contributed by atoms with E-state index in [0.29, 0.717) is 18.2 Å². The fraction of sp³-hybridized carbons (Fsp3) is 0.267. The smallest absolute Gasteiger partial charge is 0.313 e. The molecule has 1 aliphatic heterocycles. The van der Waals surface area contributed by atoms with Gasteiger partial charge in [0, 0.05) is 24.2 Å². The molecule has 3 rings (SSSR count). The van der Waals surface area contributed by atoms with E-state index in [-0.39, 0.29) is 24.2 Å². The molecule has 1 aliphatic rings. The highest BCUT2D eigenvalue weighted by Crippen LogP contribution is 2.23. The summed E-state index contributed by atoms with van der Waals surface area (Å²) in [6, 6.07) is 5.73. The van der Waals surface area contributed by atoms with Crippen molar-refractivity contribution >= 4 is 34.1 Å². The molecule has 2 heterocycles. The van der Waals surface area contributed by atoms with Crippen LogP contribution in [-0.2, 0) is 4.79 Å². The van der Waals surface area contributed by atoms with Gasteiger partial charge in [0.1, 0.15) is 12.4 Å². The summed E-state index contributed by atoms with van der Waals surface area (Å²) in [4.78, 5) is 32.1. The minimum Gasteiger partial charge on any atom is -0.313 e. The Kier molecular flexibility index (Phi) is 4.24. The number of aryl methyl sites for hydroxylation is 1. The van der Waals surface area contributed by atoms with Crippen LogP contribution in [0.25, 0.3) is 0 Å². The Morgan fingerprint density at radius 2 is 2.17 bits per heavy atom. The molecular formula is C15H15FN4O2S. The molecule has 1 saturated heterocycles. The number of benzene rings is 1. The van der Waals surface area contributed by atoms with Crippen LogP contribution in [0.3, 0.4) is 0 Å². The maximum absolute atomic E-state index is 13.8. The Morgan fingerprint density at radius 3 is 2.87 bits per heavy atom. The quantitative estimate of drug-likeness (QED) is 0.934. The van der Waals surface area contributed by atoms with E-state index in [9.17, 15) is 14.0 Å². The largest absolute Gasteiger partial charge is 0.325 e. The fourth-order valence-corrected chi connectivity index (χ4v) is 3.05. The van der Waals surface area contributed by atoms with Crippen molar-refractivity contribution in [1.29, 1.82) is 0 Å². The van der Waals surface area contributed by atoms with Crippen LogP contribution in [-0.4, -0.2) is 41.5 Å². The number of nitrogens with zero attached hydrogens (tertiary/aromatic N) is 3. The van der Waals surface area contributed by atoms with Crippen LogP contribution < -0.4 is 10.2 Å². The van der Waals surface area contributed by atoms with E-state index in [1.807, 2.05) is 6.92 Å². The maximum atomic E-state index is 13.8. The molecule has 0 spiro atoms. The molecule has 8 heteroatoms. The third-order valence-corrected chi connectivity index (χ3v) is 4.27. The number of amides is 3. The van der Waals surface area contributed by atoms with Crippen LogP contribution in [0.1, 0.15) is 4.88 Å². The molecule has 0 saturated carbocycles. The van der Waals surface area contributed by atoms with Crippen LogP contribution in [0.5, 0.6) is 0 Å². The van der Waals surface area contributed by atoms with Gasteiger partial charge in [0.25, 0.3) is 0 Å². The molecule has 6 nitrogen and oxygen atoms in total. The molecule has 0 unspecified atom stereocenters. The Hall–Kier alpha value is -2.48. The predicted molar refractivity (Wildman–Crippen MR) is 86.2 cm³/mol. The highest BCUT2D eigenvalue weighted by atomic mass is 32.1. The number of rotatable bonds is 4. The van der Waals surface area contributed by atoms with E-state index in [1.54, 1.807) is 24.4 Å². The molecule has 1 N–H and O–H groups in total. The fourth-order valence-electron chi connectivity index (χ4n) is 2.37. The lowest BCUT2D eigenvalue weighted by molar-refractivity contribution is -0.116. The number of hydrogen-bond acceptors (Lipinski definition) is 4. The monoisotopic (exact) mass is 334 g/mol. The van der Waals surface area contributed by atoms with Gasteiger partial charge in [0.15, 0.2) is 5.13 Å². The molecule has 0 aliphatic carbocycles. The van der Waals surface area contributed by atoms with Gasteiger partial charge in [-0.15, -0.1) is 11.3 Å². The van der Waals surface area contributed by atoms with Crippen molar-refractivity contribution in [2.75, 3.05) is 29.9 Å². The lowest BCUT2D eigenvalue weighted by Gasteiger charge is -2.18. The van der Waals surface area contributed by atoms with Crippen molar-refractivity contribution in [2.24, 2.45) is 0 Å². The SMILES string of the molecule is Cc1cnc(NC(=O)CN2CCN(c3ccccc3F)C2=O)s1. The van der Waals surface area contributed by atoms with Gasteiger partial charge in [0.2, 0.25) is 5.91 Å². The first-order valence-electron chi connectivity index (χ1n) is 7.08. The van der Waals surface area contributed by atoms with E-state index in [0.717, 1.165) is 4.88 Å². The Morgan fingerprint density at radius 1 is 1.39 bits per heavy atom. The van der Waals surface area contributed by atoms with Gasteiger partial charge in [-0.25, -0.2) is 14.2 Å². The van der Waals surface area contributed by atoms with Gasteiger partial charge in [-0.3, -0.25) is 9.69 Å². The van der Waals surface area contributed by atoms with Gasteiger partial charge in [-0.05, 0) is 19.1 Å². The first-order chi connectivity index (χ1) is 11.0. The van der Waals surface area contributed by atoms with Crippen LogP contribution in [0.15, 0.2) is 30.5 Å². The topological polar surface area (TPSA) is 65.5 Å². The molecule has 0 radical (unpaired) electrons. The van der Waals surface area contributed by atoms with Crippen LogP contribution >= 0.6 is 11.3 Å². The zero-order valence-corrected chi connectivity index (χ0v) is 13.3. The van der Waals surface area contributed by atoms with Crippen molar-refractivity contribution < 1.29 is 14.0 Å². The molecule has 120 valence electrons. The highest BCUT2D eigenvalue weighted by molar-refractivity contribution is 7.15. The van der Waals surface area contributed by atoms with Crippen molar-refractivity contribution in [3.05, 3.63) is 41.2 Å². The van der Waals surface area contributed by atoms with E-state index in [4.69, 9.17) is 0 Å².